The lowest BCUT2D eigenvalue weighted by Crippen LogP contribution is -2.52. The van der Waals surface area contributed by atoms with Crippen LogP contribution in [0.5, 0.6) is 0 Å². The normalized spacial score (nSPS) is 16.3. The van der Waals surface area contributed by atoms with Crippen LogP contribution >= 0.6 is 12.2 Å². The smallest absolute Gasteiger partial charge is 0.243 e. The van der Waals surface area contributed by atoms with Crippen molar-refractivity contribution in [2.75, 3.05) is 33.2 Å². The van der Waals surface area contributed by atoms with E-state index in [2.05, 4.69) is 12.2 Å². The van der Waals surface area contributed by atoms with Crippen LogP contribution < -0.4 is 5.32 Å². The standard InChI is InChI=1S/C17H27N3O2S2/c1-11-12(2)14(4)16(15(5)13(11)3)24(21,22)20-9-7-19(8-10-20)17(23)18-6/h7-10H2,1-6H3,(H,18,23). The average molecular weight is 370 g/mol. The summed E-state index contributed by atoms with van der Waals surface area (Å²) in [7, 11) is -1.71. The molecule has 1 saturated heterocycles. The van der Waals surface area contributed by atoms with E-state index in [0.717, 1.165) is 22.3 Å². The molecule has 5 nitrogen and oxygen atoms in total. The molecule has 1 aromatic rings. The molecule has 1 aromatic carbocycles. The minimum absolute atomic E-state index is 0.453. The second kappa shape index (κ2) is 6.98. The highest BCUT2D eigenvalue weighted by Crippen LogP contribution is 2.31. The Morgan fingerprint density at radius 3 is 1.71 bits per heavy atom. The Bertz CT molecular complexity index is 736. The molecular weight excluding hydrogens is 342 g/mol. The van der Waals surface area contributed by atoms with Crippen LogP contribution in [0.4, 0.5) is 0 Å². The number of sulfonamides is 1. The summed E-state index contributed by atoms with van der Waals surface area (Å²) in [6, 6.07) is 0. The van der Waals surface area contributed by atoms with Crippen molar-refractivity contribution >= 4 is 27.4 Å². The van der Waals surface area contributed by atoms with Crippen molar-refractivity contribution in [2.24, 2.45) is 0 Å². The quantitative estimate of drug-likeness (QED) is 0.809. The molecular formula is C17H27N3O2S2. The van der Waals surface area contributed by atoms with Crippen LogP contribution in [-0.2, 0) is 10.0 Å². The highest BCUT2D eigenvalue weighted by atomic mass is 32.2. The number of thiocarbonyl (C=S) groups is 1. The molecule has 7 heteroatoms. The Morgan fingerprint density at radius 2 is 1.29 bits per heavy atom. The van der Waals surface area contributed by atoms with Crippen molar-refractivity contribution in [1.82, 2.24) is 14.5 Å². The average Bonchev–Trinajstić information content (AvgIpc) is 2.57. The first-order valence-electron chi connectivity index (χ1n) is 8.16. The van der Waals surface area contributed by atoms with Crippen LogP contribution in [0.1, 0.15) is 27.8 Å². The molecule has 0 unspecified atom stereocenters. The fourth-order valence-corrected chi connectivity index (χ4v) is 5.44. The summed E-state index contributed by atoms with van der Waals surface area (Å²) in [4.78, 5) is 2.49. The Balaban J connectivity index is 2.38. The third kappa shape index (κ3) is 3.17. The molecule has 134 valence electrons. The van der Waals surface area contributed by atoms with Crippen molar-refractivity contribution in [3.63, 3.8) is 0 Å². The molecule has 1 aliphatic rings. The van der Waals surface area contributed by atoms with Gasteiger partial charge in [0.15, 0.2) is 5.11 Å². The fraction of sp³-hybridized carbons (Fsp3) is 0.588. The molecule has 0 spiro atoms. The number of nitrogens with zero attached hydrogens (tertiary/aromatic N) is 2. The van der Waals surface area contributed by atoms with Gasteiger partial charge >= 0.3 is 0 Å². The highest BCUT2D eigenvalue weighted by Gasteiger charge is 2.32. The van der Waals surface area contributed by atoms with E-state index in [1.54, 1.807) is 11.4 Å². The Kier molecular flexibility index (Phi) is 5.57. The van der Waals surface area contributed by atoms with Gasteiger partial charge in [-0.15, -0.1) is 0 Å². The van der Waals surface area contributed by atoms with Gasteiger partial charge in [0.05, 0.1) is 4.90 Å². The topological polar surface area (TPSA) is 52.6 Å². The zero-order valence-electron chi connectivity index (χ0n) is 15.4. The van der Waals surface area contributed by atoms with E-state index in [-0.39, 0.29) is 0 Å². The van der Waals surface area contributed by atoms with E-state index in [0.29, 0.717) is 36.2 Å². The number of piperazine rings is 1. The second-order valence-electron chi connectivity index (χ2n) is 6.40. The zero-order chi connectivity index (χ0) is 18.2. The zero-order valence-corrected chi connectivity index (χ0v) is 17.0. The van der Waals surface area contributed by atoms with Crippen LogP contribution in [-0.4, -0.2) is 56.0 Å². The van der Waals surface area contributed by atoms with Gasteiger partial charge in [0, 0.05) is 33.2 Å². The van der Waals surface area contributed by atoms with Crippen molar-refractivity contribution in [2.45, 2.75) is 39.5 Å². The Labute approximate surface area is 151 Å². The Hall–Kier alpha value is -1.18. The summed E-state index contributed by atoms with van der Waals surface area (Å²) in [6.45, 7) is 12.0. The van der Waals surface area contributed by atoms with Gasteiger partial charge in [-0.3, -0.25) is 0 Å². The van der Waals surface area contributed by atoms with Gasteiger partial charge in [0.2, 0.25) is 10.0 Å². The lowest BCUT2D eigenvalue weighted by atomic mass is 9.95. The maximum Gasteiger partial charge on any atom is 0.243 e. The summed E-state index contributed by atoms with van der Waals surface area (Å²) in [5.41, 5.74) is 5.03. The molecule has 0 saturated carbocycles. The van der Waals surface area contributed by atoms with Gasteiger partial charge in [-0.2, -0.15) is 4.31 Å². The molecule has 1 fully saturated rings. The van der Waals surface area contributed by atoms with Gasteiger partial charge in [-0.25, -0.2) is 8.42 Å². The number of benzene rings is 1. The first kappa shape index (κ1) is 19.1. The molecule has 0 atom stereocenters. The maximum atomic E-state index is 13.2. The lowest BCUT2D eigenvalue weighted by Gasteiger charge is -2.36. The molecule has 1 heterocycles. The maximum absolute atomic E-state index is 13.2. The van der Waals surface area contributed by atoms with Crippen LogP contribution in [0.2, 0.25) is 0 Å². The monoisotopic (exact) mass is 369 g/mol. The third-order valence-electron chi connectivity index (χ3n) is 5.27. The summed E-state index contributed by atoms with van der Waals surface area (Å²) in [6.07, 6.45) is 0. The van der Waals surface area contributed by atoms with Crippen molar-refractivity contribution in [3.05, 3.63) is 27.8 Å². The first-order valence-corrected chi connectivity index (χ1v) is 10.0. The molecule has 0 aromatic heterocycles. The SMILES string of the molecule is CNC(=S)N1CCN(S(=O)(=O)c2c(C)c(C)c(C)c(C)c2C)CC1. The molecule has 0 bridgehead atoms. The van der Waals surface area contributed by atoms with E-state index in [9.17, 15) is 8.42 Å². The van der Waals surface area contributed by atoms with E-state index in [1.807, 2.05) is 32.6 Å². The van der Waals surface area contributed by atoms with Crippen LogP contribution in [0, 0.1) is 34.6 Å². The number of rotatable bonds is 2. The summed E-state index contributed by atoms with van der Waals surface area (Å²) < 4.78 is 28.1. The van der Waals surface area contributed by atoms with Crippen LogP contribution in [0.3, 0.4) is 0 Å². The van der Waals surface area contributed by atoms with Crippen LogP contribution in [0.25, 0.3) is 0 Å². The van der Waals surface area contributed by atoms with Gasteiger partial charge in [-0.05, 0) is 74.7 Å². The van der Waals surface area contributed by atoms with Crippen LogP contribution in [0.15, 0.2) is 4.90 Å². The fourth-order valence-electron chi connectivity index (χ4n) is 3.27. The van der Waals surface area contributed by atoms with Crippen molar-refractivity contribution in [3.8, 4) is 0 Å². The largest absolute Gasteiger partial charge is 0.366 e. The molecule has 2 rings (SSSR count). The number of hydrogen-bond donors (Lipinski definition) is 1. The van der Waals surface area contributed by atoms with Gasteiger partial charge in [0.25, 0.3) is 0 Å². The minimum atomic E-state index is -3.50. The van der Waals surface area contributed by atoms with Crippen molar-refractivity contribution in [1.29, 1.82) is 0 Å². The molecule has 24 heavy (non-hydrogen) atoms. The second-order valence-corrected chi connectivity index (χ2v) is 8.66. The molecule has 0 aliphatic carbocycles. The molecule has 0 radical (unpaired) electrons. The summed E-state index contributed by atoms with van der Waals surface area (Å²) in [5.74, 6) is 0. The van der Waals surface area contributed by atoms with E-state index in [1.165, 1.54) is 5.56 Å². The van der Waals surface area contributed by atoms with Gasteiger partial charge in [-0.1, -0.05) is 0 Å². The Morgan fingerprint density at radius 1 is 0.875 bits per heavy atom. The molecule has 1 aliphatic heterocycles. The van der Waals surface area contributed by atoms with Crippen molar-refractivity contribution < 1.29 is 8.42 Å². The first-order chi connectivity index (χ1) is 11.1. The predicted molar refractivity (Wildman–Crippen MR) is 102 cm³/mol. The predicted octanol–water partition coefficient (Wildman–Crippen LogP) is 2.04. The lowest BCUT2D eigenvalue weighted by molar-refractivity contribution is 0.264. The van der Waals surface area contributed by atoms with E-state index < -0.39 is 10.0 Å². The summed E-state index contributed by atoms with van der Waals surface area (Å²) >= 11 is 5.24. The van der Waals surface area contributed by atoms with E-state index >= 15 is 0 Å². The third-order valence-corrected chi connectivity index (χ3v) is 7.90. The minimum Gasteiger partial charge on any atom is -0.366 e. The molecule has 0 amide bonds. The highest BCUT2D eigenvalue weighted by molar-refractivity contribution is 7.89. The number of hydrogen-bond acceptors (Lipinski definition) is 3. The van der Waals surface area contributed by atoms with E-state index in [4.69, 9.17) is 12.2 Å². The molecule has 1 N–H and O–H groups in total. The van der Waals surface area contributed by atoms with Gasteiger partial charge in [0.1, 0.15) is 0 Å². The number of nitrogens with one attached hydrogen (secondary N) is 1. The summed E-state index contributed by atoms with van der Waals surface area (Å²) in [5, 5.41) is 3.62. The van der Waals surface area contributed by atoms with Gasteiger partial charge < -0.3 is 10.2 Å².